The average molecular weight is 501 g/mol. The minimum Gasteiger partial charge on any atom is -0.272 e. The summed E-state index contributed by atoms with van der Waals surface area (Å²) in [6, 6.07) is 0. The normalized spacial score (nSPS) is 19.9. The minimum absolute atomic E-state index is 0.216. The van der Waals surface area contributed by atoms with Gasteiger partial charge in [-0.15, -0.1) is 0 Å². The maximum atomic E-state index is 12.0. The summed E-state index contributed by atoms with van der Waals surface area (Å²) in [5.74, 6) is 2.00. The van der Waals surface area contributed by atoms with Gasteiger partial charge in [0, 0.05) is 61.6 Å². The summed E-state index contributed by atoms with van der Waals surface area (Å²) >= 11 is 2.82. The van der Waals surface area contributed by atoms with E-state index in [0.29, 0.717) is 0 Å². The number of hydrogen-bond acceptors (Lipinski definition) is 10. The molecule has 2 aliphatic heterocycles. The Bertz CT molecular complexity index is 402. The average Bonchev–Trinajstić information content (AvgIpc) is 3.09. The third-order valence-electron chi connectivity index (χ3n) is 4.50. The van der Waals surface area contributed by atoms with Crippen molar-refractivity contribution in [3.8, 4) is 0 Å². The highest BCUT2D eigenvalue weighted by Crippen LogP contribution is 2.34. The van der Waals surface area contributed by atoms with Gasteiger partial charge in [-0.2, -0.15) is 0 Å². The minimum atomic E-state index is 0.216. The molecule has 2 saturated heterocycles. The molecule has 0 saturated carbocycles. The zero-order chi connectivity index (χ0) is 19.9. The Morgan fingerprint density at radius 2 is 0.929 bits per heavy atom. The van der Waals surface area contributed by atoms with E-state index in [9.17, 15) is 9.59 Å². The molecule has 0 aromatic carbocycles. The molecule has 0 radical (unpaired) electrons. The molecule has 0 aromatic heterocycles. The molecule has 0 atom stereocenters. The molecule has 2 aliphatic rings. The van der Waals surface area contributed by atoms with Crippen molar-refractivity contribution in [1.82, 2.24) is 8.61 Å². The predicted octanol–water partition coefficient (Wildman–Crippen LogP) is 7.82. The molecule has 4 nitrogen and oxygen atoms in total. The van der Waals surface area contributed by atoms with Crippen LogP contribution < -0.4 is 0 Å². The number of hydrogen-bond donors (Lipinski definition) is 0. The van der Waals surface area contributed by atoms with Gasteiger partial charge in [0.2, 0.25) is 0 Å². The molecule has 28 heavy (non-hydrogen) atoms. The topological polar surface area (TPSA) is 40.6 Å². The molecular formula is C18H32N2O2S6. The second-order valence-electron chi connectivity index (χ2n) is 6.89. The summed E-state index contributed by atoms with van der Waals surface area (Å²) in [7, 11) is 6.12. The lowest BCUT2D eigenvalue weighted by atomic mass is 10.2. The van der Waals surface area contributed by atoms with Crippen LogP contribution in [0.2, 0.25) is 0 Å². The standard InChI is InChI=1S/C18H32N2O2S6/c21-17(25-19-11-5-1-2-6-12-19)27-23-15-9-10-16-24-28-18(22)26-20-13-7-3-4-8-14-20/h1-16H2. The van der Waals surface area contributed by atoms with Gasteiger partial charge in [-0.25, -0.2) is 8.61 Å². The van der Waals surface area contributed by atoms with Crippen LogP contribution in [0.5, 0.6) is 0 Å². The van der Waals surface area contributed by atoms with Gasteiger partial charge in [0.1, 0.15) is 0 Å². The number of carbonyl (C=O) groups excluding carboxylic acids is 2. The molecule has 10 heteroatoms. The fourth-order valence-electron chi connectivity index (χ4n) is 3.01. The SMILES string of the molecule is O=C(SSCCCCSSC(=O)SN1CCCCCC1)SN1CCCCCC1. The number of carbonyl (C=O) groups is 2. The maximum Gasteiger partial charge on any atom is 0.271 e. The van der Waals surface area contributed by atoms with E-state index in [1.165, 1.54) is 96.9 Å². The van der Waals surface area contributed by atoms with Crippen molar-refractivity contribution in [1.29, 1.82) is 0 Å². The van der Waals surface area contributed by atoms with Crippen molar-refractivity contribution in [2.24, 2.45) is 0 Å². The largest absolute Gasteiger partial charge is 0.272 e. The van der Waals surface area contributed by atoms with Crippen LogP contribution in [-0.4, -0.2) is 55.2 Å². The molecule has 0 aliphatic carbocycles. The highest BCUT2D eigenvalue weighted by Gasteiger charge is 2.16. The predicted molar refractivity (Wildman–Crippen MR) is 135 cm³/mol. The fourth-order valence-corrected chi connectivity index (χ4v) is 9.39. The first-order chi connectivity index (χ1) is 13.7. The van der Waals surface area contributed by atoms with Crippen molar-refractivity contribution in [2.75, 3.05) is 37.7 Å². The van der Waals surface area contributed by atoms with E-state index >= 15 is 0 Å². The quantitative estimate of drug-likeness (QED) is 0.178. The summed E-state index contributed by atoms with van der Waals surface area (Å²) in [6.45, 7) is 4.19. The summed E-state index contributed by atoms with van der Waals surface area (Å²) in [6.07, 6.45) is 12.2. The maximum absolute atomic E-state index is 12.0. The van der Waals surface area contributed by atoms with Gasteiger partial charge >= 0.3 is 0 Å². The van der Waals surface area contributed by atoms with Crippen LogP contribution in [0.15, 0.2) is 0 Å². The van der Waals surface area contributed by atoms with E-state index in [1.54, 1.807) is 21.6 Å². The first-order valence-corrected chi connectivity index (χ1v) is 16.5. The molecule has 0 amide bonds. The second-order valence-corrected chi connectivity index (χ2v) is 14.3. The van der Waals surface area contributed by atoms with Crippen LogP contribution in [0.1, 0.15) is 64.2 Å². The van der Waals surface area contributed by atoms with Gasteiger partial charge in [-0.1, -0.05) is 47.3 Å². The van der Waals surface area contributed by atoms with Crippen LogP contribution in [0, 0.1) is 0 Å². The molecule has 0 N–H and O–H groups in total. The molecule has 2 fully saturated rings. The van der Waals surface area contributed by atoms with Crippen molar-refractivity contribution < 1.29 is 9.59 Å². The summed E-state index contributed by atoms with van der Waals surface area (Å²) < 4.78 is 4.90. The van der Waals surface area contributed by atoms with Crippen LogP contribution in [0.3, 0.4) is 0 Å². The number of nitrogens with zero attached hydrogens (tertiary/aromatic N) is 2. The van der Waals surface area contributed by atoms with Gasteiger partial charge in [0.25, 0.3) is 8.89 Å². The molecule has 0 spiro atoms. The molecular weight excluding hydrogens is 469 g/mol. The third-order valence-corrected chi connectivity index (χ3v) is 11.7. The molecule has 0 bridgehead atoms. The van der Waals surface area contributed by atoms with Gasteiger partial charge < -0.3 is 0 Å². The van der Waals surface area contributed by atoms with Crippen molar-refractivity contribution in [2.45, 2.75) is 64.2 Å². The van der Waals surface area contributed by atoms with Crippen LogP contribution in [0.4, 0.5) is 9.59 Å². The summed E-state index contributed by atoms with van der Waals surface area (Å²) in [5, 5.41) is 0. The zero-order valence-electron chi connectivity index (χ0n) is 16.5. The van der Waals surface area contributed by atoms with Gasteiger partial charge in [-0.05, 0) is 60.1 Å². The first-order valence-electron chi connectivity index (χ1n) is 10.3. The Morgan fingerprint density at radius 3 is 1.29 bits per heavy atom. The lowest BCUT2D eigenvalue weighted by Gasteiger charge is -2.16. The lowest BCUT2D eigenvalue weighted by Crippen LogP contribution is -2.17. The number of unbranched alkanes of at least 4 members (excludes halogenated alkanes) is 1. The molecule has 0 unspecified atom stereocenters. The van der Waals surface area contributed by atoms with E-state index in [4.69, 9.17) is 0 Å². The second kappa shape index (κ2) is 17.0. The molecule has 2 rings (SSSR count). The van der Waals surface area contributed by atoms with Crippen LogP contribution in [0.25, 0.3) is 0 Å². The highest BCUT2D eigenvalue weighted by molar-refractivity contribution is 8.86. The first kappa shape index (κ1) is 25.6. The Labute approximate surface area is 195 Å². The molecule has 162 valence electrons. The zero-order valence-corrected chi connectivity index (χ0v) is 21.4. The van der Waals surface area contributed by atoms with Gasteiger partial charge in [-0.3, -0.25) is 9.59 Å². The van der Waals surface area contributed by atoms with E-state index < -0.39 is 0 Å². The number of rotatable bonds is 9. The van der Waals surface area contributed by atoms with Crippen molar-refractivity contribution >= 4 is 76.0 Å². The van der Waals surface area contributed by atoms with E-state index in [1.807, 2.05) is 0 Å². The lowest BCUT2D eigenvalue weighted by molar-refractivity contribution is 0.275. The van der Waals surface area contributed by atoms with Gasteiger partial charge in [0.15, 0.2) is 0 Å². The Balaban J connectivity index is 1.38. The molecule has 2 heterocycles. The van der Waals surface area contributed by atoms with E-state index in [0.717, 1.165) is 50.5 Å². The monoisotopic (exact) mass is 500 g/mol. The Kier molecular flexibility index (Phi) is 15.5. The Morgan fingerprint density at radius 1 is 0.571 bits per heavy atom. The van der Waals surface area contributed by atoms with E-state index in [2.05, 4.69) is 8.61 Å². The third kappa shape index (κ3) is 12.9. The van der Waals surface area contributed by atoms with E-state index in [-0.39, 0.29) is 8.89 Å². The van der Waals surface area contributed by atoms with Crippen molar-refractivity contribution in [3.05, 3.63) is 0 Å². The smallest absolute Gasteiger partial charge is 0.271 e. The molecule has 0 aromatic rings. The Hall–Kier alpha value is 1.36. The van der Waals surface area contributed by atoms with Gasteiger partial charge in [0.05, 0.1) is 0 Å². The summed E-state index contributed by atoms with van der Waals surface area (Å²) in [4.78, 5) is 24.1. The van der Waals surface area contributed by atoms with Crippen LogP contribution in [-0.2, 0) is 0 Å². The van der Waals surface area contributed by atoms with Crippen molar-refractivity contribution in [3.63, 3.8) is 0 Å². The fraction of sp³-hybridized carbons (Fsp3) is 0.889. The van der Waals surface area contributed by atoms with Crippen LogP contribution >= 0.6 is 67.1 Å². The highest BCUT2D eigenvalue weighted by atomic mass is 33.1. The summed E-state index contributed by atoms with van der Waals surface area (Å²) in [5.41, 5.74) is 0.